The summed E-state index contributed by atoms with van der Waals surface area (Å²) in [5, 5.41) is 22.0. The monoisotopic (exact) mass is 423 g/mol. The molecular formula is C14H6Cl2F3N3O5. The van der Waals surface area contributed by atoms with E-state index >= 15 is 0 Å². The molecule has 0 fully saturated rings. The van der Waals surface area contributed by atoms with Gasteiger partial charge in [0, 0.05) is 16.1 Å². The second-order valence-electron chi connectivity index (χ2n) is 4.98. The molecule has 2 rings (SSSR count). The third kappa shape index (κ3) is 4.26. The lowest BCUT2D eigenvalue weighted by molar-refractivity contribution is -0.394. The number of alkyl halides is 3. The SMILES string of the molecule is O=CN(c1cc(Cl)cc(Cl)c1)c1c([N+](=O)[O-])cc([N+](=O)[O-])cc1C(F)(F)F. The number of benzene rings is 2. The average Bonchev–Trinajstić information content (AvgIpc) is 2.53. The van der Waals surface area contributed by atoms with Gasteiger partial charge in [0.05, 0.1) is 27.2 Å². The van der Waals surface area contributed by atoms with Crippen molar-refractivity contribution in [3.05, 3.63) is 66.2 Å². The summed E-state index contributed by atoms with van der Waals surface area (Å²) < 4.78 is 40.4. The van der Waals surface area contributed by atoms with Crippen LogP contribution in [0, 0.1) is 20.2 Å². The minimum Gasteiger partial charge on any atom is -0.278 e. The lowest BCUT2D eigenvalue weighted by Gasteiger charge is -2.22. The summed E-state index contributed by atoms with van der Waals surface area (Å²) in [5.41, 5.74) is -5.70. The van der Waals surface area contributed by atoms with Crippen LogP contribution in [0.4, 0.5) is 35.9 Å². The van der Waals surface area contributed by atoms with Gasteiger partial charge in [0.25, 0.3) is 5.69 Å². The van der Waals surface area contributed by atoms with E-state index in [1.807, 2.05) is 0 Å². The van der Waals surface area contributed by atoms with Gasteiger partial charge in [0.15, 0.2) is 0 Å². The van der Waals surface area contributed by atoms with Crippen molar-refractivity contribution in [3.63, 3.8) is 0 Å². The van der Waals surface area contributed by atoms with Gasteiger partial charge in [-0.3, -0.25) is 29.9 Å². The summed E-state index contributed by atoms with van der Waals surface area (Å²) >= 11 is 11.5. The molecular weight excluding hydrogens is 418 g/mol. The maximum Gasteiger partial charge on any atom is 0.418 e. The Morgan fingerprint density at radius 2 is 1.52 bits per heavy atom. The van der Waals surface area contributed by atoms with E-state index in [0.717, 1.165) is 12.1 Å². The number of nitrogens with zero attached hydrogens (tertiary/aromatic N) is 3. The van der Waals surface area contributed by atoms with Gasteiger partial charge in [-0.1, -0.05) is 23.2 Å². The molecule has 0 spiro atoms. The number of halogens is 5. The van der Waals surface area contributed by atoms with Gasteiger partial charge in [-0.15, -0.1) is 0 Å². The van der Waals surface area contributed by atoms with Crippen LogP contribution >= 0.6 is 23.2 Å². The van der Waals surface area contributed by atoms with Crippen molar-refractivity contribution < 1.29 is 27.8 Å². The molecule has 0 heterocycles. The summed E-state index contributed by atoms with van der Waals surface area (Å²) in [5.74, 6) is 0. The number of carbonyl (C=O) groups is 1. The van der Waals surface area contributed by atoms with Crippen LogP contribution in [0.15, 0.2) is 30.3 Å². The number of hydrogen-bond acceptors (Lipinski definition) is 5. The van der Waals surface area contributed by atoms with E-state index < -0.39 is 38.6 Å². The molecule has 0 radical (unpaired) electrons. The Hall–Kier alpha value is -2.92. The lowest BCUT2D eigenvalue weighted by atomic mass is 10.1. The number of amides is 1. The summed E-state index contributed by atoms with van der Waals surface area (Å²) in [6.07, 6.45) is -5.36. The Kier molecular flexibility index (Phi) is 5.56. The Morgan fingerprint density at radius 1 is 0.963 bits per heavy atom. The highest BCUT2D eigenvalue weighted by molar-refractivity contribution is 6.35. The Bertz CT molecular complexity index is 932. The molecule has 142 valence electrons. The van der Waals surface area contributed by atoms with E-state index in [-0.39, 0.29) is 28.2 Å². The van der Waals surface area contributed by atoms with Crippen molar-refractivity contribution in [3.8, 4) is 0 Å². The van der Waals surface area contributed by atoms with Gasteiger partial charge >= 0.3 is 11.9 Å². The maximum absolute atomic E-state index is 13.5. The Labute approximate surface area is 158 Å². The standard InChI is InChI=1S/C14H6Cl2F3N3O5/c15-7-1-8(16)3-9(2-7)20(6-23)13-11(14(17,18)19)4-10(21(24)25)5-12(13)22(26)27/h1-6H. The van der Waals surface area contributed by atoms with Gasteiger partial charge < -0.3 is 0 Å². The highest BCUT2D eigenvalue weighted by atomic mass is 35.5. The lowest BCUT2D eigenvalue weighted by Crippen LogP contribution is -2.21. The summed E-state index contributed by atoms with van der Waals surface area (Å²) in [4.78, 5) is 31.5. The van der Waals surface area contributed by atoms with Gasteiger partial charge in [-0.25, -0.2) is 0 Å². The molecule has 0 aliphatic carbocycles. The molecule has 27 heavy (non-hydrogen) atoms. The van der Waals surface area contributed by atoms with Crippen LogP contribution in [-0.4, -0.2) is 16.3 Å². The van der Waals surface area contributed by atoms with Crippen molar-refractivity contribution >= 4 is 52.4 Å². The fourth-order valence-electron chi connectivity index (χ4n) is 2.24. The predicted octanol–water partition coefficient (Wildman–Crippen LogP) is 5.12. The maximum atomic E-state index is 13.5. The zero-order chi connectivity index (χ0) is 20.5. The molecule has 1 amide bonds. The van der Waals surface area contributed by atoms with Crippen molar-refractivity contribution in [1.29, 1.82) is 0 Å². The highest BCUT2D eigenvalue weighted by Gasteiger charge is 2.42. The minimum atomic E-state index is -5.24. The first-order valence-corrected chi connectivity index (χ1v) is 7.46. The average molecular weight is 424 g/mol. The summed E-state index contributed by atoms with van der Waals surface area (Å²) in [6, 6.07) is 3.75. The van der Waals surface area contributed by atoms with E-state index in [2.05, 4.69) is 0 Å². The number of hydrogen-bond donors (Lipinski definition) is 0. The van der Waals surface area contributed by atoms with Gasteiger partial charge in [-0.2, -0.15) is 13.2 Å². The number of nitro groups is 2. The zero-order valence-electron chi connectivity index (χ0n) is 12.7. The molecule has 0 saturated carbocycles. The Morgan fingerprint density at radius 3 is 1.93 bits per heavy atom. The van der Waals surface area contributed by atoms with Gasteiger partial charge in [0.2, 0.25) is 6.41 Å². The molecule has 0 aliphatic rings. The molecule has 0 N–H and O–H groups in total. The number of non-ortho nitro benzene ring substituents is 1. The molecule has 0 unspecified atom stereocenters. The van der Waals surface area contributed by atoms with Crippen molar-refractivity contribution in [2.45, 2.75) is 6.18 Å². The number of rotatable bonds is 5. The number of anilines is 2. The van der Waals surface area contributed by atoms with Crippen LogP contribution in [-0.2, 0) is 11.0 Å². The van der Waals surface area contributed by atoms with Crippen LogP contribution < -0.4 is 4.90 Å². The van der Waals surface area contributed by atoms with E-state index in [1.54, 1.807) is 0 Å². The van der Waals surface area contributed by atoms with Crippen LogP contribution in [0.3, 0.4) is 0 Å². The minimum absolute atomic E-state index is 0.0533. The van der Waals surface area contributed by atoms with E-state index in [4.69, 9.17) is 23.2 Å². The second-order valence-corrected chi connectivity index (χ2v) is 5.85. The fraction of sp³-hybridized carbons (Fsp3) is 0.0714. The third-order valence-corrected chi connectivity index (χ3v) is 3.70. The van der Waals surface area contributed by atoms with Crippen LogP contribution in [0.25, 0.3) is 0 Å². The van der Waals surface area contributed by atoms with Gasteiger partial charge in [-0.05, 0) is 18.2 Å². The van der Waals surface area contributed by atoms with Crippen molar-refractivity contribution in [2.75, 3.05) is 4.90 Å². The first-order valence-electron chi connectivity index (χ1n) is 6.70. The first-order chi connectivity index (χ1) is 12.5. The van der Waals surface area contributed by atoms with E-state index in [0.29, 0.717) is 11.0 Å². The molecule has 2 aromatic carbocycles. The number of nitro benzene ring substituents is 2. The quantitative estimate of drug-likeness (QED) is 0.376. The summed E-state index contributed by atoms with van der Waals surface area (Å²) in [7, 11) is 0. The normalized spacial score (nSPS) is 11.1. The number of carbonyl (C=O) groups excluding carboxylic acids is 1. The smallest absolute Gasteiger partial charge is 0.278 e. The topological polar surface area (TPSA) is 107 Å². The van der Waals surface area contributed by atoms with Crippen molar-refractivity contribution in [1.82, 2.24) is 0 Å². The zero-order valence-corrected chi connectivity index (χ0v) is 14.2. The molecule has 0 aliphatic heterocycles. The van der Waals surface area contributed by atoms with E-state index in [9.17, 15) is 38.2 Å². The largest absolute Gasteiger partial charge is 0.418 e. The van der Waals surface area contributed by atoms with Crippen LogP contribution in [0.2, 0.25) is 10.0 Å². The molecule has 0 bridgehead atoms. The van der Waals surface area contributed by atoms with Gasteiger partial charge in [0.1, 0.15) is 5.69 Å². The van der Waals surface area contributed by atoms with Crippen LogP contribution in [0.1, 0.15) is 5.56 Å². The first kappa shape index (κ1) is 20.4. The predicted molar refractivity (Wildman–Crippen MR) is 89.4 cm³/mol. The molecule has 0 aromatic heterocycles. The third-order valence-electron chi connectivity index (χ3n) is 3.26. The molecule has 13 heteroatoms. The van der Waals surface area contributed by atoms with Crippen LogP contribution in [0.5, 0.6) is 0 Å². The summed E-state index contributed by atoms with van der Waals surface area (Å²) in [6.45, 7) is 0. The molecule has 0 atom stereocenters. The molecule has 8 nitrogen and oxygen atoms in total. The second kappa shape index (κ2) is 7.37. The highest BCUT2D eigenvalue weighted by Crippen LogP contribution is 2.46. The molecule has 0 saturated heterocycles. The molecule has 2 aromatic rings. The van der Waals surface area contributed by atoms with E-state index in [1.165, 1.54) is 6.07 Å². The Balaban J connectivity index is 2.91. The fourth-order valence-corrected chi connectivity index (χ4v) is 2.75. The van der Waals surface area contributed by atoms with Crippen molar-refractivity contribution in [2.24, 2.45) is 0 Å².